The molecule has 0 radical (unpaired) electrons. The first-order valence-electron chi connectivity index (χ1n) is 7.14. The van der Waals surface area contributed by atoms with Crippen molar-refractivity contribution < 1.29 is 0 Å². The summed E-state index contributed by atoms with van der Waals surface area (Å²) in [6.07, 6.45) is 5.09. The predicted octanol–water partition coefficient (Wildman–Crippen LogP) is 3.41. The van der Waals surface area contributed by atoms with Crippen molar-refractivity contribution in [2.45, 2.75) is 37.1 Å². The number of halogens is 1. The molecule has 1 aliphatic carbocycles. The molecule has 0 atom stereocenters. The molecule has 1 N–H and O–H groups in total. The van der Waals surface area contributed by atoms with Crippen molar-refractivity contribution in [1.29, 1.82) is 0 Å². The Morgan fingerprint density at radius 3 is 2.53 bits per heavy atom. The first-order valence-corrected chi connectivity index (χ1v) is 7.93. The molecule has 1 saturated carbocycles. The highest BCUT2D eigenvalue weighted by molar-refractivity contribution is 9.10. The molecule has 0 aliphatic heterocycles. The first-order chi connectivity index (χ1) is 9.05. The van der Waals surface area contributed by atoms with E-state index in [2.05, 4.69) is 71.6 Å². The van der Waals surface area contributed by atoms with Gasteiger partial charge in [-0.2, -0.15) is 0 Å². The van der Waals surface area contributed by atoms with Crippen LogP contribution in [0.5, 0.6) is 0 Å². The van der Waals surface area contributed by atoms with Gasteiger partial charge in [0.25, 0.3) is 0 Å². The number of rotatable bonds is 4. The van der Waals surface area contributed by atoms with Crippen molar-refractivity contribution in [1.82, 2.24) is 10.2 Å². The Labute approximate surface area is 125 Å². The summed E-state index contributed by atoms with van der Waals surface area (Å²) in [4.78, 5) is 2.33. The molecule has 1 aromatic carbocycles. The quantitative estimate of drug-likeness (QED) is 0.913. The highest BCUT2D eigenvalue weighted by atomic mass is 79.9. The van der Waals surface area contributed by atoms with Crippen LogP contribution in [0.3, 0.4) is 0 Å². The molecule has 0 spiro atoms. The number of hydrogen-bond acceptors (Lipinski definition) is 2. The fourth-order valence-electron chi connectivity index (χ4n) is 3.42. The van der Waals surface area contributed by atoms with Gasteiger partial charge in [-0.15, -0.1) is 0 Å². The monoisotopic (exact) mass is 324 g/mol. The number of nitrogens with zero attached hydrogens (tertiary/aromatic N) is 1. The average Bonchev–Trinajstić information content (AvgIpc) is 2.39. The lowest BCUT2D eigenvalue weighted by Crippen LogP contribution is -2.44. The van der Waals surface area contributed by atoms with E-state index in [9.17, 15) is 0 Å². The van der Waals surface area contributed by atoms with Crippen molar-refractivity contribution >= 4 is 15.9 Å². The van der Waals surface area contributed by atoms with E-state index in [-0.39, 0.29) is 0 Å². The fourth-order valence-corrected chi connectivity index (χ4v) is 3.82. The number of benzene rings is 1. The second kappa shape index (κ2) is 6.38. The summed E-state index contributed by atoms with van der Waals surface area (Å²) in [6, 6.07) is 9.59. The Morgan fingerprint density at radius 2 is 2.00 bits per heavy atom. The molecule has 2 rings (SSSR count). The van der Waals surface area contributed by atoms with E-state index < -0.39 is 0 Å². The molecular formula is C16H25BrN2. The van der Waals surface area contributed by atoms with Crippen molar-refractivity contribution in [2.24, 2.45) is 0 Å². The van der Waals surface area contributed by atoms with Crippen LogP contribution in [0.15, 0.2) is 28.7 Å². The molecule has 2 nitrogen and oxygen atoms in total. The lowest BCUT2D eigenvalue weighted by molar-refractivity contribution is 0.195. The molecule has 0 bridgehead atoms. The van der Waals surface area contributed by atoms with Gasteiger partial charge in [0.2, 0.25) is 0 Å². The van der Waals surface area contributed by atoms with Crippen LogP contribution in [0.4, 0.5) is 0 Å². The summed E-state index contributed by atoms with van der Waals surface area (Å²) in [5.41, 5.74) is 1.81. The van der Waals surface area contributed by atoms with Crippen LogP contribution in [0.1, 0.15) is 31.2 Å². The molecule has 106 valence electrons. The minimum absolute atomic E-state index is 0.320. The zero-order chi connectivity index (χ0) is 13.9. The summed E-state index contributed by atoms with van der Waals surface area (Å²) in [7, 11) is 6.45. The van der Waals surface area contributed by atoms with Gasteiger partial charge in [-0.1, -0.05) is 28.1 Å². The van der Waals surface area contributed by atoms with Crippen LogP contribution in [0.25, 0.3) is 0 Å². The van der Waals surface area contributed by atoms with Gasteiger partial charge in [0, 0.05) is 22.5 Å². The molecular weight excluding hydrogens is 300 g/mol. The van der Waals surface area contributed by atoms with Gasteiger partial charge in [-0.3, -0.25) is 0 Å². The van der Waals surface area contributed by atoms with Gasteiger partial charge < -0.3 is 10.2 Å². The smallest absolute Gasteiger partial charge is 0.0178 e. The molecule has 0 amide bonds. The maximum absolute atomic E-state index is 3.62. The van der Waals surface area contributed by atoms with Crippen molar-refractivity contribution in [2.75, 3.05) is 27.7 Å². The molecule has 1 fully saturated rings. The second-order valence-corrected chi connectivity index (χ2v) is 7.01. The summed E-state index contributed by atoms with van der Waals surface area (Å²) in [6.45, 7) is 1.14. The van der Waals surface area contributed by atoms with E-state index in [1.807, 2.05) is 0 Å². The maximum atomic E-state index is 3.62. The van der Waals surface area contributed by atoms with Gasteiger partial charge in [-0.05, 0) is 64.5 Å². The SMILES string of the molecule is CNC1CCC(CN(C)C)(c2cccc(Br)c2)CC1. The predicted molar refractivity (Wildman–Crippen MR) is 85.7 cm³/mol. The Kier molecular flexibility index (Phi) is 5.04. The van der Waals surface area contributed by atoms with E-state index in [1.54, 1.807) is 0 Å². The summed E-state index contributed by atoms with van der Waals surface area (Å²) >= 11 is 3.62. The Bertz CT molecular complexity index is 409. The summed E-state index contributed by atoms with van der Waals surface area (Å²) in [5, 5.41) is 3.43. The number of likely N-dealkylation sites (N-methyl/N-ethyl adjacent to an activating group) is 1. The van der Waals surface area contributed by atoms with Gasteiger partial charge in [-0.25, -0.2) is 0 Å². The third-order valence-electron chi connectivity index (χ3n) is 4.41. The molecule has 0 saturated heterocycles. The van der Waals surface area contributed by atoms with E-state index in [4.69, 9.17) is 0 Å². The van der Waals surface area contributed by atoms with Gasteiger partial charge in [0.1, 0.15) is 0 Å². The average molecular weight is 325 g/mol. The zero-order valence-electron chi connectivity index (χ0n) is 12.2. The van der Waals surface area contributed by atoms with Crippen molar-refractivity contribution in [3.05, 3.63) is 34.3 Å². The van der Waals surface area contributed by atoms with E-state index in [1.165, 1.54) is 35.7 Å². The normalized spacial score (nSPS) is 27.7. The molecule has 19 heavy (non-hydrogen) atoms. The van der Waals surface area contributed by atoms with Gasteiger partial charge >= 0.3 is 0 Å². The maximum Gasteiger partial charge on any atom is 0.0178 e. The molecule has 0 aromatic heterocycles. The van der Waals surface area contributed by atoms with Crippen LogP contribution < -0.4 is 5.32 Å². The van der Waals surface area contributed by atoms with Gasteiger partial charge in [0.05, 0.1) is 0 Å². The molecule has 1 aliphatic rings. The van der Waals surface area contributed by atoms with Crippen molar-refractivity contribution in [3.8, 4) is 0 Å². The van der Waals surface area contributed by atoms with Crippen molar-refractivity contribution in [3.63, 3.8) is 0 Å². The minimum atomic E-state index is 0.320. The molecule has 3 heteroatoms. The van der Waals surface area contributed by atoms with Crippen LogP contribution in [0, 0.1) is 0 Å². The Morgan fingerprint density at radius 1 is 1.32 bits per heavy atom. The first kappa shape index (κ1) is 15.0. The zero-order valence-corrected chi connectivity index (χ0v) is 13.8. The summed E-state index contributed by atoms with van der Waals surface area (Å²) in [5.74, 6) is 0. The van der Waals surface area contributed by atoms with Crippen LogP contribution >= 0.6 is 15.9 Å². The number of hydrogen-bond donors (Lipinski definition) is 1. The highest BCUT2D eigenvalue weighted by Crippen LogP contribution is 2.40. The number of nitrogens with one attached hydrogen (secondary N) is 1. The Balaban J connectivity index is 2.25. The third kappa shape index (κ3) is 3.59. The van der Waals surface area contributed by atoms with Crippen LogP contribution in [0.2, 0.25) is 0 Å². The highest BCUT2D eigenvalue weighted by Gasteiger charge is 2.36. The Hall–Kier alpha value is -0.380. The topological polar surface area (TPSA) is 15.3 Å². The van der Waals surface area contributed by atoms with E-state index in [0.29, 0.717) is 11.5 Å². The third-order valence-corrected chi connectivity index (χ3v) is 4.90. The van der Waals surface area contributed by atoms with Crippen LogP contribution in [-0.4, -0.2) is 38.6 Å². The van der Waals surface area contributed by atoms with E-state index >= 15 is 0 Å². The lowest BCUT2D eigenvalue weighted by atomic mass is 9.68. The standard InChI is InChI=1S/C16H25BrN2/c1-18-15-7-9-16(10-8-15,12-19(2)3)13-5-4-6-14(17)11-13/h4-6,11,15,18H,7-10,12H2,1-3H3. The molecule has 0 heterocycles. The van der Waals surface area contributed by atoms with E-state index in [0.717, 1.165) is 6.54 Å². The second-order valence-electron chi connectivity index (χ2n) is 6.09. The minimum Gasteiger partial charge on any atom is -0.317 e. The lowest BCUT2D eigenvalue weighted by Gasteiger charge is -2.42. The molecule has 0 unspecified atom stereocenters. The van der Waals surface area contributed by atoms with Gasteiger partial charge in [0.15, 0.2) is 0 Å². The summed E-state index contributed by atoms with van der Waals surface area (Å²) < 4.78 is 1.19. The largest absolute Gasteiger partial charge is 0.317 e. The van der Waals surface area contributed by atoms with Crippen LogP contribution in [-0.2, 0) is 5.41 Å². The fraction of sp³-hybridized carbons (Fsp3) is 0.625. The molecule has 1 aromatic rings.